The van der Waals surface area contributed by atoms with Crippen molar-refractivity contribution in [1.82, 2.24) is 38.0 Å². The van der Waals surface area contributed by atoms with Crippen LogP contribution < -0.4 is 0 Å². The number of hydrogen-bond acceptors (Lipinski definition) is 6. The average molecular weight is 591 g/mol. The van der Waals surface area contributed by atoms with Crippen molar-refractivity contribution in [3.8, 4) is 45.6 Å². The highest BCUT2D eigenvalue weighted by molar-refractivity contribution is 6.93. The zero-order valence-corrected chi connectivity index (χ0v) is 25.1. The number of rotatable bonds is 1. The van der Waals surface area contributed by atoms with Crippen LogP contribution in [0.4, 0.5) is 0 Å². The Morgan fingerprint density at radius 1 is 0.442 bits per heavy atom. The molecule has 8 nitrogen and oxygen atoms in total. The molecule has 7 aromatic rings. The molecule has 2 aliphatic rings. The summed E-state index contributed by atoms with van der Waals surface area (Å²) in [6.45, 7) is 0. The van der Waals surface area contributed by atoms with Crippen LogP contribution >= 0.6 is 10.0 Å². The fourth-order valence-corrected chi connectivity index (χ4v) is 7.54. The topological polar surface area (TPSA) is 87.2 Å². The van der Waals surface area contributed by atoms with Crippen molar-refractivity contribution >= 4 is 68.7 Å². The summed E-state index contributed by atoms with van der Waals surface area (Å²) in [5.74, 6) is 2.40. The fraction of sp³-hybridized carbons (Fsp3) is 0.0303. The van der Waals surface area contributed by atoms with Gasteiger partial charge in [0, 0.05) is 50.8 Å². The molecule has 202 valence electrons. The predicted molar refractivity (Wildman–Crippen MR) is 173 cm³/mol. The Bertz CT molecular complexity index is 2320. The summed E-state index contributed by atoms with van der Waals surface area (Å²) < 4.78 is 4.07. The fourth-order valence-electron chi connectivity index (χ4n) is 6.15. The van der Waals surface area contributed by atoms with E-state index >= 15 is 0 Å². The lowest BCUT2D eigenvalue weighted by atomic mass is 10.1. The Labute approximate surface area is 255 Å². The van der Waals surface area contributed by atoms with Crippen LogP contribution in [0.5, 0.6) is 0 Å². The molecule has 9 rings (SSSR count). The number of nitrogens with zero attached hydrogens (tertiary/aromatic N) is 8. The van der Waals surface area contributed by atoms with Gasteiger partial charge in [0.15, 0.2) is 23.3 Å². The van der Waals surface area contributed by atoms with Gasteiger partial charge in [-0.1, -0.05) is 97.1 Å². The van der Waals surface area contributed by atoms with Gasteiger partial charge in [0.2, 0.25) is 0 Å². The highest BCUT2D eigenvalue weighted by Crippen LogP contribution is 2.37. The van der Waals surface area contributed by atoms with Crippen LogP contribution in [-0.2, 0) is 7.05 Å². The third-order valence-electron chi connectivity index (χ3n) is 8.17. The molecular weight excluding hydrogens is 571 g/mol. The Morgan fingerprint density at radius 2 is 0.744 bits per heavy atom. The molecule has 0 spiro atoms. The summed E-state index contributed by atoms with van der Waals surface area (Å²) in [5.41, 5.74) is 6.72. The number of hydrogen-bond donors (Lipinski definition) is 0. The molecule has 8 bridgehead atoms. The highest BCUT2D eigenvalue weighted by atomic mass is 35.6. The van der Waals surface area contributed by atoms with E-state index in [0.29, 0.717) is 23.3 Å². The van der Waals surface area contributed by atoms with E-state index in [0.717, 1.165) is 66.4 Å². The quantitative estimate of drug-likeness (QED) is 0.198. The summed E-state index contributed by atoms with van der Waals surface area (Å²) in [7, 11) is 8.77. The van der Waals surface area contributed by atoms with Gasteiger partial charge in [0.1, 0.15) is 22.6 Å². The van der Waals surface area contributed by atoms with E-state index < -0.39 is 14.5 Å². The zero-order valence-electron chi connectivity index (χ0n) is 22.9. The third-order valence-corrected chi connectivity index (χ3v) is 9.73. The van der Waals surface area contributed by atoms with Crippen LogP contribution in [-0.4, -0.2) is 52.5 Å². The summed E-state index contributed by atoms with van der Waals surface area (Å²) >= 11 is -1.32. The monoisotopic (exact) mass is 590 g/mol. The lowest BCUT2D eigenvalue weighted by molar-refractivity contribution is 0.966. The van der Waals surface area contributed by atoms with Crippen molar-refractivity contribution in [3.63, 3.8) is 0 Å². The second-order valence-electron chi connectivity index (χ2n) is 10.5. The lowest BCUT2D eigenvalue weighted by Gasteiger charge is -2.01. The molecule has 0 aliphatic carbocycles. The molecule has 3 aromatic heterocycles. The van der Waals surface area contributed by atoms with Crippen molar-refractivity contribution in [1.29, 1.82) is 0 Å². The van der Waals surface area contributed by atoms with Gasteiger partial charge in [-0.2, -0.15) is 0 Å². The summed E-state index contributed by atoms with van der Waals surface area (Å²) in [4.78, 5) is 30.7. The van der Waals surface area contributed by atoms with Gasteiger partial charge in [-0.15, -0.1) is 0 Å². The minimum atomic E-state index is -1.32. The molecule has 0 amide bonds. The number of benzene rings is 4. The average Bonchev–Trinajstić information content (AvgIpc) is 3.74. The van der Waals surface area contributed by atoms with E-state index in [1.165, 1.54) is 0 Å². The summed E-state index contributed by atoms with van der Waals surface area (Å²) in [6, 6.07) is 32.5. The van der Waals surface area contributed by atoms with E-state index in [-0.39, 0.29) is 0 Å². The van der Waals surface area contributed by atoms with Crippen molar-refractivity contribution in [2.45, 2.75) is 0 Å². The summed E-state index contributed by atoms with van der Waals surface area (Å²) in [5, 5.41) is 3.89. The van der Waals surface area contributed by atoms with Gasteiger partial charge in [-0.3, -0.25) is 0 Å². The van der Waals surface area contributed by atoms with Gasteiger partial charge in [-0.05, 0) is 0 Å². The first-order valence-electron chi connectivity index (χ1n) is 13.9. The molecule has 0 radical (unpaired) electrons. The van der Waals surface area contributed by atoms with Crippen LogP contribution in [0.25, 0.3) is 89.7 Å². The molecule has 0 N–H and O–H groups in total. The number of fused-ring (bicyclic) bond motifs is 20. The smallest absolute Gasteiger partial charge is 0.392 e. The van der Waals surface area contributed by atoms with E-state index in [2.05, 4.69) is 27.8 Å². The molecule has 0 saturated heterocycles. The molecule has 5 heterocycles. The van der Waals surface area contributed by atoms with Crippen molar-refractivity contribution in [2.75, 3.05) is 0 Å². The maximum absolute atomic E-state index is 6.78. The van der Waals surface area contributed by atoms with E-state index in [1.54, 1.807) is 0 Å². The van der Waals surface area contributed by atoms with Crippen LogP contribution in [0, 0.1) is 0 Å². The van der Waals surface area contributed by atoms with E-state index in [9.17, 15) is 0 Å². The van der Waals surface area contributed by atoms with Crippen molar-refractivity contribution in [3.05, 3.63) is 97.1 Å². The highest BCUT2D eigenvalue weighted by Gasteiger charge is 2.23. The van der Waals surface area contributed by atoms with Crippen LogP contribution in [0.3, 0.4) is 0 Å². The first-order chi connectivity index (χ1) is 21.2. The van der Waals surface area contributed by atoms with E-state index in [4.69, 9.17) is 40.0 Å². The molecule has 4 aromatic carbocycles. The largest absolute Gasteiger partial charge is 0.527 e. The lowest BCUT2D eigenvalue weighted by Crippen LogP contribution is -2.01. The first-order valence-corrected chi connectivity index (χ1v) is 16.7. The predicted octanol–water partition coefficient (Wildman–Crippen LogP) is 6.71. The Morgan fingerprint density at radius 3 is 1.09 bits per heavy atom. The third kappa shape index (κ3) is 3.56. The normalized spacial score (nSPS) is 12.0. The molecule has 10 heteroatoms. The minimum absolute atomic E-state index is 0.596. The second-order valence-corrected chi connectivity index (χ2v) is 12.1. The maximum atomic E-state index is 6.78. The molecule has 0 unspecified atom stereocenters. The second kappa shape index (κ2) is 9.28. The van der Waals surface area contributed by atoms with Crippen LogP contribution in [0.1, 0.15) is 0 Å². The Balaban J connectivity index is 1.56. The standard InChI is InChI=1S/C33H19N8.Al.ClH.H/c1-41-32-24-16-8-9-17-25(24)33(41)40-31-23-15-7-5-13-21(23)29(38-31)36-27-19-11-3-2-10-18(19)26(34-27)35-28-20-12-4-6-14-22(20)30(37-28)39-32;;;/h2-17H,1H3;;1H;/q-1;+2;;/p-1. The molecule has 43 heavy (non-hydrogen) atoms. The number of aromatic nitrogens is 8. The number of halogens is 1. The Kier molecular flexibility index (Phi) is 5.32. The first kappa shape index (κ1) is 24.6. The molecule has 0 saturated carbocycles. The molecular formula is C33H20AlClN8. The molecule has 0 atom stereocenters. The van der Waals surface area contributed by atoms with Gasteiger partial charge < -0.3 is 8.12 Å². The Hall–Kier alpha value is -4.94. The molecule has 0 fully saturated rings. The van der Waals surface area contributed by atoms with Crippen LogP contribution in [0.2, 0.25) is 0 Å². The number of aryl methyl sites for hydroxylation is 1. The van der Waals surface area contributed by atoms with Gasteiger partial charge in [0.05, 0.1) is 0 Å². The molecule has 2 aliphatic heterocycles. The zero-order chi connectivity index (χ0) is 28.7. The minimum Gasteiger partial charge on any atom is -0.392 e. The van der Waals surface area contributed by atoms with Gasteiger partial charge in [0.25, 0.3) is 0 Å². The summed E-state index contributed by atoms with van der Waals surface area (Å²) in [6.07, 6.45) is 0. The SMILES string of the molecule is Cn1c2nc3nc(nc4c5ccccc5c(nc5nc(nc1c1ccccc12)-c1ccccc1-5)[n]4[AlH][Cl])-c1ccccc1-3. The van der Waals surface area contributed by atoms with E-state index in [1.807, 2.05) is 84.4 Å². The maximum Gasteiger partial charge on any atom is 0.527 e. The van der Waals surface area contributed by atoms with Crippen molar-refractivity contribution in [2.24, 2.45) is 7.05 Å². The van der Waals surface area contributed by atoms with Gasteiger partial charge in [-0.25, -0.2) is 40.0 Å². The van der Waals surface area contributed by atoms with Crippen molar-refractivity contribution < 1.29 is 0 Å². The van der Waals surface area contributed by atoms with Crippen LogP contribution in [0.15, 0.2) is 97.1 Å². The van der Waals surface area contributed by atoms with Gasteiger partial charge >= 0.3 is 14.5 Å².